The minimum Gasteiger partial charge on any atom is -0.478 e. The van der Waals surface area contributed by atoms with Crippen molar-refractivity contribution in [3.8, 4) is 11.5 Å². The van der Waals surface area contributed by atoms with Crippen LogP contribution in [0.25, 0.3) is 0 Å². The Kier molecular flexibility index (Phi) is 6.32. The van der Waals surface area contributed by atoms with Crippen LogP contribution in [0, 0.1) is 0 Å². The Morgan fingerprint density at radius 3 is 2.17 bits per heavy atom. The Hall–Kier alpha value is -4.00. The van der Waals surface area contributed by atoms with Crippen molar-refractivity contribution in [3.05, 3.63) is 83.9 Å². The van der Waals surface area contributed by atoms with Crippen LogP contribution >= 0.6 is 0 Å². The lowest BCUT2D eigenvalue weighted by Crippen LogP contribution is -2.25. The molecule has 0 aromatic heterocycles. The normalized spacial score (nSPS) is 10.1. The molecule has 0 aliphatic carbocycles. The van der Waals surface area contributed by atoms with Crippen LogP contribution in [0.3, 0.4) is 0 Å². The summed E-state index contributed by atoms with van der Waals surface area (Å²) in [6.07, 6.45) is 0. The van der Waals surface area contributed by atoms with E-state index < -0.39 is 12.0 Å². The molecular formula is C22H21N3O4. The van der Waals surface area contributed by atoms with Gasteiger partial charge in [-0.05, 0) is 29.8 Å². The number of anilines is 2. The number of amides is 2. The van der Waals surface area contributed by atoms with Crippen LogP contribution in [0.2, 0.25) is 0 Å². The zero-order chi connectivity index (χ0) is 20.6. The number of para-hydroxylation sites is 1. The topological polar surface area (TPSA) is 99.7 Å². The largest absolute Gasteiger partial charge is 0.478 e. The molecule has 0 fully saturated rings. The summed E-state index contributed by atoms with van der Waals surface area (Å²) in [6.45, 7) is 0.453. The SMILES string of the molecule is CNC(=O)Nc1cc(C(=O)O)cc(NCc2ccccc2)c1Oc1ccccc1. The molecule has 7 heteroatoms. The number of rotatable bonds is 7. The number of urea groups is 1. The fraction of sp³-hybridized carbons (Fsp3) is 0.0909. The van der Waals surface area contributed by atoms with Crippen LogP contribution in [-0.2, 0) is 6.54 Å². The number of carboxylic acids is 1. The van der Waals surface area contributed by atoms with Gasteiger partial charge in [0.05, 0.1) is 16.9 Å². The van der Waals surface area contributed by atoms with E-state index in [1.165, 1.54) is 19.2 Å². The zero-order valence-electron chi connectivity index (χ0n) is 15.8. The summed E-state index contributed by atoms with van der Waals surface area (Å²) in [7, 11) is 1.47. The maximum absolute atomic E-state index is 11.9. The summed E-state index contributed by atoms with van der Waals surface area (Å²) in [5.74, 6) is -0.238. The lowest BCUT2D eigenvalue weighted by Gasteiger charge is -2.18. The fourth-order valence-corrected chi connectivity index (χ4v) is 2.67. The van der Waals surface area contributed by atoms with Gasteiger partial charge in [-0.2, -0.15) is 0 Å². The number of aromatic carboxylic acids is 1. The molecule has 3 aromatic carbocycles. The highest BCUT2D eigenvalue weighted by Crippen LogP contribution is 2.38. The summed E-state index contributed by atoms with van der Waals surface area (Å²) < 4.78 is 6.01. The quantitative estimate of drug-likeness (QED) is 0.474. The summed E-state index contributed by atoms with van der Waals surface area (Å²) in [5, 5.41) is 17.8. The van der Waals surface area contributed by atoms with E-state index in [9.17, 15) is 14.7 Å². The standard InChI is InChI=1S/C22H21N3O4/c1-23-22(28)25-19-13-16(21(26)27)12-18(24-14-15-8-4-2-5-9-15)20(19)29-17-10-6-3-7-11-17/h2-13,24H,14H2,1H3,(H,26,27)(H2,23,25,28). The first-order valence-electron chi connectivity index (χ1n) is 8.97. The van der Waals surface area contributed by atoms with Gasteiger partial charge in [0.25, 0.3) is 0 Å². The molecule has 0 spiro atoms. The highest BCUT2D eigenvalue weighted by atomic mass is 16.5. The molecule has 7 nitrogen and oxygen atoms in total. The van der Waals surface area contributed by atoms with Gasteiger partial charge in [0.1, 0.15) is 5.75 Å². The molecule has 0 atom stereocenters. The van der Waals surface area contributed by atoms with E-state index in [0.29, 0.717) is 23.7 Å². The molecule has 0 aliphatic heterocycles. The van der Waals surface area contributed by atoms with Crippen molar-refractivity contribution in [2.45, 2.75) is 6.54 Å². The first-order valence-corrected chi connectivity index (χ1v) is 8.97. The molecule has 3 rings (SSSR count). The maximum atomic E-state index is 11.9. The first-order chi connectivity index (χ1) is 14.1. The third kappa shape index (κ3) is 5.26. The van der Waals surface area contributed by atoms with Crippen molar-refractivity contribution in [1.82, 2.24) is 5.32 Å². The maximum Gasteiger partial charge on any atom is 0.335 e. The molecule has 2 amide bonds. The van der Waals surface area contributed by atoms with Crippen molar-refractivity contribution in [3.63, 3.8) is 0 Å². The predicted molar refractivity (Wildman–Crippen MR) is 112 cm³/mol. The molecule has 0 bridgehead atoms. The van der Waals surface area contributed by atoms with Gasteiger partial charge < -0.3 is 25.8 Å². The van der Waals surface area contributed by atoms with E-state index in [-0.39, 0.29) is 11.3 Å². The first kappa shape index (κ1) is 19.8. The van der Waals surface area contributed by atoms with Crippen molar-refractivity contribution < 1.29 is 19.4 Å². The number of ether oxygens (including phenoxy) is 1. The number of carbonyl (C=O) groups is 2. The summed E-state index contributed by atoms with van der Waals surface area (Å²) in [6, 6.07) is 21.1. The lowest BCUT2D eigenvalue weighted by atomic mass is 10.1. The van der Waals surface area contributed by atoms with Gasteiger partial charge in [-0.1, -0.05) is 48.5 Å². The van der Waals surface area contributed by atoms with E-state index in [1.807, 2.05) is 48.5 Å². The second-order valence-electron chi connectivity index (χ2n) is 6.16. The molecule has 0 aliphatic rings. The van der Waals surface area contributed by atoms with Crippen molar-refractivity contribution >= 4 is 23.4 Å². The Morgan fingerprint density at radius 1 is 0.931 bits per heavy atom. The van der Waals surface area contributed by atoms with Crippen molar-refractivity contribution in [2.75, 3.05) is 17.7 Å². The van der Waals surface area contributed by atoms with Gasteiger partial charge >= 0.3 is 12.0 Å². The van der Waals surface area contributed by atoms with Crippen molar-refractivity contribution in [1.29, 1.82) is 0 Å². The van der Waals surface area contributed by atoms with Gasteiger partial charge in [-0.3, -0.25) is 0 Å². The molecule has 0 radical (unpaired) electrons. The summed E-state index contributed by atoms with van der Waals surface area (Å²) >= 11 is 0. The van der Waals surface area contributed by atoms with Crippen LogP contribution < -0.4 is 20.7 Å². The van der Waals surface area contributed by atoms with Gasteiger partial charge in [-0.15, -0.1) is 0 Å². The highest BCUT2D eigenvalue weighted by molar-refractivity contribution is 5.97. The fourth-order valence-electron chi connectivity index (χ4n) is 2.67. The summed E-state index contributed by atoms with van der Waals surface area (Å²) in [5.41, 5.74) is 1.72. The second kappa shape index (κ2) is 9.27. The average molecular weight is 391 g/mol. The van der Waals surface area contributed by atoms with Crippen LogP contribution in [0.5, 0.6) is 11.5 Å². The molecule has 0 heterocycles. The van der Waals surface area contributed by atoms with Crippen LogP contribution in [0.15, 0.2) is 72.8 Å². The van der Waals surface area contributed by atoms with E-state index in [1.54, 1.807) is 12.1 Å². The minimum absolute atomic E-state index is 0.0207. The van der Waals surface area contributed by atoms with Gasteiger partial charge in [0.15, 0.2) is 5.75 Å². The minimum atomic E-state index is -1.11. The molecule has 148 valence electrons. The van der Waals surface area contributed by atoms with Crippen molar-refractivity contribution in [2.24, 2.45) is 0 Å². The second-order valence-corrected chi connectivity index (χ2v) is 6.16. The Morgan fingerprint density at radius 2 is 1.55 bits per heavy atom. The third-order valence-corrected chi connectivity index (χ3v) is 4.10. The van der Waals surface area contributed by atoms with E-state index in [4.69, 9.17) is 4.74 Å². The van der Waals surface area contributed by atoms with E-state index in [2.05, 4.69) is 16.0 Å². The van der Waals surface area contributed by atoms with Gasteiger partial charge in [0, 0.05) is 13.6 Å². The Balaban J connectivity index is 2.03. The lowest BCUT2D eigenvalue weighted by molar-refractivity contribution is 0.0697. The summed E-state index contributed by atoms with van der Waals surface area (Å²) in [4.78, 5) is 23.5. The molecule has 0 saturated carbocycles. The van der Waals surface area contributed by atoms with E-state index >= 15 is 0 Å². The predicted octanol–water partition coefficient (Wildman–Crippen LogP) is 4.54. The molecule has 29 heavy (non-hydrogen) atoms. The molecule has 0 unspecified atom stereocenters. The Bertz CT molecular complexity index is 992. The Labute approximate surface area is 168 Å². The number of hydrogen-bond acceptors (Lipinski definition) is 4. The van der Waals surface area contributed by atoms with Gasteiger partial charge in [-0.25, -0.2) is 9.59 Å². The number of carboxylic acid groups (broad SMARTS) is 1. The average Bonchev–Trinajstić information content (AvgIpc) is 2.75. The number of benzene rings is 3. The third-order valence-electron chi connectivity index (χ3n) is 4.10. The smallest absolute Gasteiger partial charge is 0.335 e. The number of nitrogens with one attached hydrogen (secondary N) is 3. The molecule has 0 saturated heterocycles. The zero-order valence-corrected chi connectivity index (χ0v) is 15.8. The monoisotopic (exact) mass is 391 g/mol. The van der Waals surface area contributed by atoms with Crippen LogP contribution in [0.1, 0.15) is 15.9 Å². The molecule has 3 aromatic rings. The van der Waals surface area contributed by atoms with Crippen LogP contribution in [-0.4, -0.2) is 24.2 Å². The highest BCUT2D eigenvalue weighted by Gasteiger charge is 2.18. The van der Waals surface area contributed by atoms with Crippen LogP contribution in [0.4, 0.5) is 16.2 Å². The molecule has 4 N–H and O–H groups in total. The number of hydrogen-bond donors (Lipinski definition) is 4. The molecular weight excluding hydrogens is 370 g/mol. The number of carbonyl (C=O) groups excluding carboxylic acids is 1. The van der Waals surface area contributed by atoms with E-state index in [0.717, 1.165) is 5.56 Å². The van der Waals surface area contributed by atoms with Gasteiger partial charge in [0.2, 0.25) is 0 Å².